The van der Waals surface area contributed by atoms with Crippen molar-refractivity contribution in [2.24, 2.45) is 0 Å². The number of anilines is 3. The Balaban J connectivity index is 0.000000193. The molecular weight excluding hydrogens is 1070 g/mol. The molecule has 19 heteroatoms. The lowest BCUT2D eigenvalue weighted by molar-refractivity contribution is 0.0684. The van der Waals surface area contributed by atoms with Crippen LogP contribution in [0.2, 0.25) is 0 Å². The fourth-order valence-electron chi connectivity index (χ4n) is 8.32. The summed E-state index contributed by atoms with van der Waals surface area (Å²) in [5.74, 6) is -2.44. The van der Waals surface area contributed by atoms with Gasteiger partial charge >= 0.3 is 17.9 Å². The number of carboxylic acids is 3. The molecule has 8 aromatic carbocycles. The summed E-state index contributed by atoms with van der Waals surface area (Å²) in [6, 6.07) is 57.0. The third kappa shape index (κ3) is 18.4. The molecule has 0 bridgehead atoms. The molecule has 8 aromatic rings. The van der Waals surface area contributed by atoms with Crippen molar-refractivity contribution in [2.75, 3.05) is 27.5 Å². The number of methoxy groups -OCH3 is 1. The molecule has 0 heterocycles. The summed E-state index contributed by atoms with van der Waals surface area (Å²) in [6.45, 7) is 0. The predicted molar refractivity (Wildman–Crippen MR) is 307 cm³/mol. The number of carboxylic acid groups (broad SMARTS) is 3. The van der Waals surface area contributed by atoms with Crippen LogP contribution in [0.15, 0.2) is 205 Å². The minimum Gasteiger partial charge on any atom is -0.497 e. The Labute approximate surface area is 460 Å². The molecule has 0 atom stereocenters. The first kappa shape index (κ1) is 59.5. The van der Waals surface area contributed by atoms with Crippen LogP contribution in [0.4, 0.5) is 17.1 Å². The molecule has 8 rings (SSSR count). The van der Waals surface area contributed by atoms with E-state index in [2.05, 4.69) is 14.2 Å². The number of nitrogens with one attached hydrogen (secondary N) is 3. The predicted octanol–water partition coefficient (Wildman–Crippen LogP) is 10.6. The van der Waals surface area contributed by atoms with E-state index in [9.17, 15) is 55.0 Å². The van der Waals surface area contributed by atoms with Gasteiger partial charge in [0.05, 0.1) is 57.8 Å². The maximum atomic E-state index is 12.7. The second-order valence-electron chi connectivity index (χ2n) is 17.9. The second kappa shape index (κ2) is 28.0. The average molecular weight is 1130 g/mol. The first-order chi connectivity index (χ1) is 37.7. The van der Waals surface area contributed by atoms with E-state index in [0.29, 0.717) is 72.5 Å². The summed E-state index contributed by atoms with van der Waals surface area (Å²) in [6.07, 6.45) is 4.15. The molecule has 0 aliphatic rings. The molecule has 0 aliphatic heterocycles. The van der Waals surface area contributed by atoms with Gasteiger partial charge < -0.3 is 20.1 Å². The van der Waals surface area contributed by atoms with Crippen molar-refractivity contribution < 1.29 is 59.7 Å². The second-order valence-corrected chi connectivity index (χ2v) is 23.0. The number of para-hydroxylation sites is 3. The first-order valence-corrected chi connectivity index (χ1v) is 29.6. The van der Waals surface area contributed by atoms with Gasteiger partial charge in [0.1, 0.15) is 5.75 Å². The van der Waals surface area contributed by atoms with Gasteiger partial charge in [-0.25, -0.2) is 39.6 Å². The molecule has 0 radical (unpaired) electrons. The van der Waals surface area contributed by atoms with Gasteiger partial charge in [-0.2, -0.15) is 0 Å². The highest BCUT2D eigenvalue weighted by Crippen LogP contribution is 2.26. The SMILES string of the molecule is COc1ccc(S(=O)(=O)Nc2ccccc2CCc2ccccc2C(=O)O)cc1.CS(=O)(=O)Nc1ccccc1CCc1ccccc1C(=O)O.O=C(O)c1ccccc1CCc1ccccc1NS(=O)(=O)Cc1ccccc1. The van der Waals surface area contributed by atoms with E-state index in [1.807, 2.05) is 42.5 Å². The maximum absolute atomic E-state index is 12.7. The molecule has 0 aliphatic carbocycles. The Morgan fingerprint density at radius 3 is 1.08 bits per heavy atom. The number of hydrogen-bond donors (Lipinski definition) is 6. The van der Waals surface area contributed by atoms with Crippen LogP contribution in [-0.4, -0.2) is 71.8 Å². The molecule has 0 unspecified atom stereocenters. The van der Waals surface area contributed by atoms with Crippen molar-refractivity contribution in [3.05, 3.63) is 256 Å². The number of sulfonamides is 3. The lowest BCUT2D eigenvalue weighted by Gasteiger charge is -2.13. The van der Waals surface area contributed by atoms with Crippen LogP contribution in [0.25, 0.3) is 0 Å². The summed E-state index contributed by atoms with van der Waals surface area (Å²) in [4.78, 5) is 34.1. The number of rotatable bonds is 22. The topological polar surface area (TPSA) is 260 Å². The zero-order chi connectivity index (χ0) is 57.0. The van der Waals surface area contributed by atoms with Crippen LogP contribution in [0, 0.1) is 0 Å². The highest BCUT2D eigenvalue weighted by atomic mass is 32.2. The van der Waals surface area contributed by atoms with Gasteiger partial charge in [-0.3, -0.25) is 14.2 Å². The highest BCUT2D eigenvalue weighted by molar-refractivity contribution is 7.93. The van der Waals surface area contributed by atoms with Crippen LogP contribution < -0.4 is 18.9 Å². The van der Waals surface area contributed by atoms with Crippen LogP contribution in [-0.2, 0) is 74.3 Å². The molecule has 0 saturated carbocycles. The fraction of sp³-hybridized carbons (Fsp3) is 0.150. The van der Waals surface area contributed by atoms with Crippen LogP contribution in [0.1, 0.15) is 70.0 Å². The average Bonchev–Trinajstić information content (AvgIpc) is 3.42. The third-order valence-corrected chi connectivity index (χ3v) is 15.4. The van der Waals surface area contributed by atoms with E-state index < -0.39 is 48.0 Å². The first-order valence-electron chi connectivity index (χ1n) is 24.6. The van der Waals surface area contributed by atoms with Crippen LogP contribution in [0.5, 0.6) is 5.75 Å². The van der Waals surface area contributed by atoms with Gasteiger partial charge in [0.25, 0.3) is 10.0 Å². The number of carbonyl (C=O) groups is 3. The standard InChI is InChI=1S/C22H21NO5S.C22H21NO4S.C16H17NO4S/c1-28-18-12-14-19(15-13-18)29(26,27)23-21-9-5-3-7-17(21)11-10-16-6-2-4-8-20(16)22(24)25;24-22(25)20-12-6-4-10-18(20)14-15-19-11-5-7-13-21(19)23-28(26,27)16-17-8-2-1-3-9-17;1-22(20,21)17-15-9-5-3-7-13(15)11-10-12-6-2-4-8-14(12)16(18)19/h2-9,12-15,23H,10-11H2,1H3,(H,24,25);1-13,23H,14-16H2,(H,24,25);2-9,17H,10-11H2,1H3,(H,18,19). The maximum Gasteiger partial charge on any atom is 0.335 e. The molecule has 16 nitrogen and oxygen atoms in total. The van der Waals surface area contributed by atoms with Crippen molar-refractivity contribution in [1.82, 2.24) is 0 Å². The third-order valence-electron chi connectivity index (χ3n) is 12.2. The highest BCUT2D eigenvalue weighted by Gasteiger charge is 2.19. The summed E-state index contributed by atoms with van der Waals surface area (Å²) in [5.41, 5.74) is 7.60. The summed E-state index contributed by atoms with van der Waals surface area (Å²) >= 11 is 0. The zero-order valence-corrected chi connectivity index (χ0v) is 45.6. The lowest BCUT2D eigenvalue weighted by atomic mass is 9.99. The van der Waals surface area contributed by atoms with Crippen LogP contribution in [0.3, 0.4) is 0 Å². The van der Waals surface area contributed by atoms with Gasteiger partial charge in [-0.05, 0) is 138 Å². The quantitative estimate of drug-likeness (QED) is 0.0369. The number of hydrogen-bond acceptors (Lipinski definition) is 10. The Hall–Kier alpha value is -8.78. The molecule has 0 spiro atoms. The normalized spacial score (nSPS) is 11.1. The lowest BCUT2D eigenvalue weighted by Crippen LogP contribution is -2.16. The van der Waals surface area contributed by atoms with Gasteiger partial charge in [0, 0.05) is 0 Å². The van der Waals surface area contributed by atoms with Gasteiger partial charge in [-0.15, -0.1) is 0 Å². The van der Waals surface area contributed by atoms with E-state index in [1.54, 1.807) is 146 Å². The van der Waals surface area contributed by atoms with E-state index >= 15 is 0 Å². The van der Waals surface area contributed by atoms with Crippen molar-refractivity contribution in [1.29, 1.82) is 0 Å². The van der Waals surface area contributed by atoms with Gasteiger partial charge in [0.15, 0.2) is 0 Å². The summed E-state index contributed by atoms with van der Waals surface area (Å²) < 4.78 is 86.2. The Bertz CT molecular complexity index is 3730. The number of aromatic carboxylic acids is 3. The molecule has 0 amide bonds. The molecule has 0 fully saturated rings. The van der Waals surface area contributed by atoms with E-state index in [4.69, 9.17) is 4.74 Å². The molecular formula is C60H59N3O13S3. The van der Waals surface area contributed by atoms with Gasteiger partial charge in [-0.1, -0.05) is 140 Å². The van der Waals surface area contributed by atoms with Crippen molar-refractivity contribution in [3.63, 3.8) is 0 Å². The van der Waals surface area contributed by atoms with Crippen molar-refractivity contribution >= 4 is 65.0 Å². The van der Waals surface area contributed by atoms with E-state index in [1.165, 1.54) is 19.2 Å². The van der Waals surface area contributed by atoms with Gasteiger partial charge in [0.2, 0.25) is 20.0 Å². The fourth-order valence-corrected chi connectivity index (χ4v) is 11.3. The molecule has 0 saturated heterocycles. The van der Waals surface area contributed by atoms with E-state index in [0.717, 1.165) is 34.1 Å². The van der Waals surface area contributed by atoms with E-state index in [-0.39, 0.29) is 27.3 Å². The minimum absolute atomic E-state index is 0.107. The Morgan fingerprint density at radius 1 is 0.392 bits per heavy atom. The number of benzene rings is 8. The van der Waals surface area contributed by atoms with Crippen molar-refractivity contribution in [3.8, 4) is 5.75 Å². The van der Waals surface area contributed by atoms with Crippen LogP contribution >= 0.6 is 0 Å². The summed E-state index contributed by atoms with van der Waals surface area (Å²) in [7, 11) is -9.16. The van der Waals surface area contributed by atoms with Crippen molar-refractivity contribution in [2.45, 2.75) is 49.2 Å². The number of ether oxygens (including phenoxy) is 1. The smallest absolute Gasteiger partial charge is 0.335 e. The Morgan fingerprint density at radius 2 is 0.709 bits per heavy atom. The number of aryl methyl sites for hydroxylation is 6. The summed E-state index contributed by atoms with van der Waals surface area (Å²) in [5, 5.41) is 27.8. The molecule has 79 heavy (non-hydrogen) atoms. The minimum atomic E-state index is -3.77. The molecule has 410 valence electrons. The molecule has 6 N–H and O–H groups in total. The molecule has 0 aromatic heterocycles. The zero-order valence-electron chi connectivity index (χ0n) is 43.2. The Kier molecular flexibility index (Phi) is 21.1. The monoisotopic (exact) mass is 1130 g/mol. The largest absolute Gasteiger partial charge is 0.497 e.